The van der Waals surface area contributed by atoms with Gasteiger partial charge in [-0.05, 0) is 50.1 Å². The number of carbonyl (C=O) groups is 2. The van der Waals surface area contributed by atoms with Crippen LogP contribution in [0.15, 0.2) is 41.4 Å². The van der Waals surface area contributed by atoms with Gasteiger partial charge in [0.15, 0.2) is 0 Å². The first-order chi connectivity index (χ1) is 13.9. The maximum absolute atomic E-state index is 9.10. The Bertz CT molecular complexity index is 827. The molecule has 29 heavy (non-hydrogen) atoms. The van der Waals surface area contributed by atoms with E-state index in [4.69, 9.17) is 19.8 Å². The SMILES string of the molecule is CC1CC=C(c2nsnc2SCCCc2ccccc2)CN1C.O=C(O)C(=O)O. The highest BCUT2D eigenvalue weighted by Crippen LogP contribution is 2.30. The molecule has 2 heterocycles. The average Bonchev–Trinajstić information content (AvgIpc) is 3.17. The largest absolute Gasteiger partial charge is 0.473 e. The molecular formula is C20H25N3O4S2. The third kappa shape index (κ3) is 7.60. The molecule has 1 aliphatic rings. The quantitative estimate of drug-likeness (QED) is 0.403. The summed E-state index contributed by atoms with van der Waals surface area (Å²) in [5.74, 6) is -2.56. The molecule has 9 heteroatoms. The van der Waals surface area contributed by atoms with Gasteiger partial charge in [0, 0.05) is 12.6 Å². The maximum atomic E-state index is 9.10. The number of hydrogen-bond acceptors (Lipinski definition) is 7. The number of aliphatic carboxylic acids is 2. The lowest BCUT2D eigenvalue weighted by molar-refractivity contribution is -0.159. The number of benzene rings is 1. The highest BCUT2D eigenvalue weighted by Gasteiger charge is 2.21. The molecule has 1 aromatic heterocycles. The fourth-order valence-corrected chi connectivity index (χ4v) is 4.37. The van der Waals surface area contributed by atoms with Crippen molar-refractivity contribution in [2.24, 2.45) is 0 Å². The minimum absolute atomic E-state index is 0.618. The van der Waals surface area contributed by atoms with Crippen LogP contribution < -0.4 is 0 Å². The molecule has 0 amide bonds. The van der Waals surface area contributed by atoms with Crippen LogP contribution in [0.2, 0.25) is 0 Å². The molecule has 0 radical (unpaired) electrons. The van der Waals surface area contributed by atoms with E-state index in [9.17, 15) is 0 Å². The Morgan fingerprint density at radius 1 is 1.21 bits per heavy atom. The molecule has 1 aliphatic heterocycles. The van der Waals surface area contributed by atoms with E-state index in [1.807, 2.05) is 11.8 Å². The van der Waals surface area contributed by atoms with Gasteiger partial charge in [-0.25, -0.2) is 9.59 Å². The van der Waals surface area contributed by atoms with Crippen LogP contribution in [-0.4, -0.2) is 61.2 Å². The van der Waals surface area contributed by atoms with E-state index in [1.165, 1.54) is 29.3 Å². The number of aromatic nitrogens is 2. The number of carboxylic acid groups (broad SMARTS) is 2. The van der Waals surface area contributed by atoms with Gasteiger partial charge in [0.05, 0.1) is 11.7 Å². The third-order valence-corrected chi connectivity index (χ3v) is 6.21. The summed E-state index contributed by atoms with van der Waals surface area (Å²) in [7, 11) is 2.18. The van der Waals surface area contributed by atoms with E-state index in [2.05, 4.69) is 64.0 Å². The second-order valence-electron chi connectivity index (χ2n) is 6.70. The molecule has 0 fully saturated rings. The molecule has 0 spiro atoms. The molecule has 2 N–H and O–H groups in total. The second-order valence-corrected chi connectivity index (χ2v) is 8.31. The summed E-state index contributed by atoms with van der Waals surface area (Å²) in [6, 6.07) is 11.3. The molecule has 1 aromatic carbocycles. The first-order valence-electron chi connectivity index (χ1n) is 9.23. The molecule has 0 saturated carbocycles. The molecule has 7 nitrogen and oxygen atoms in total. The maximum Gasteiger partial charge on any atom is 0.414 e. The molecular weight excluding hydrogens is 410 g/mol. The molecule has 0 saturated heterocycles. The summed E-state index contributed by atoms with van der Waals surface area (Å²) in [5, 5.41) is 15.9. The van der Waals surface area contributed by atoms with E-state index in [1.54, 1.807) is 0 Å². The first-order valence-corrected chi connectivity index (χ1v) is 10.9. The van der Waals surface area contributed by atoms with Crippen molar-refractivity contribution in [1.29, 1.82) is 0 Å². The van der Waals surface area contributed by atoms with Gasteiger partial charge in [0.1, 0.15) is 10.7 Å². The summed E-state index contributed by atoms with van der Waals surface area (Å²) >= 11 is 3.18. The van der Waals surface area contributed by atoms with Gasteiger partial charge in [0.25, 0.3) is 0 Å². The fraction of sp³-hybridized carbons (Fsp3) is 0.400. The van der Waals surface area contributed by atoms with Crippen molar-refractivity contribution >= 4 is 41.0 Å². The Hall–Kier alpha value is -2.23. The zero-order chi connectivity index (χ0) is 21.2. The lowest BCUT2D eigenvalue weighted by atomic mass is 10.0. The summed E-state index contributed by atoms with van der Waals surface area (Å²) in [6.07, 6.45) is 5.74. The Labute approximate surface area is 178 Å². The summed E-state index contributed by atoms with van der Waals surface area (Å²) in [5.41, 5.74) is 3.86. The Balaban J connectivity index is 0.000000438. The van der Waals surface area contributed by atoms with Gasteiger partial charge in [-0.1, -0.05) is 36.4 Å². The minimum Gasteiger partial charge on any atom is -0.473 e. The molecule has 1 atom stereocenters. The van der Waals surface area contributed by atoms with E-state index in [0.717, 1.165) is 35.9 Å². The van der Waals surface area contributed by atoms with Crippen LogP contribution in [-0.2, 0) is 16.0 Å². The Morgan fingerprint density at radius 2 is 1.90 bits per heavy atom. The van der Waals surface area contributed by atoms with Crippen LogP contribution in [0.1, 0.15) is 31.0 Å². The number of hydrogen-bond donors (Lipinski definition) is 2. The van der Waals surface area contributed by atoms with Crippen LogP contribution in [0.5, 0.6) is 0 Å². The van der Waals surface area contributed by atoms with Crippen molar-refractivity contribution in [2.75, 3.05) is 19.3 Å². The number of likely N-dealkylation sites (N-methyl/N-ethyl adjacent to an activating group) is 1. The number of nitrogens with zero attached hydrogens (tertiary/aromatic N) is 3. The van der Waals surface area contributed by atoms with Gasteiger partial charge < -0.3 is 10.2 Å². The van der Waals surface area contributed by atoms with Crippen molar-refractivity contribution in [3.8, 4) is 0 Å². The van der Waals surface area contributed by atoms with Crippen LogP contribution >= 0.6 is 23.5 Å². The summed E-state index contributed by atoms with van der Waals surface area (Å²) in [4.78, 5) is 20.6. The number of aryl methyl sites for hydroxylation is 1. The number of thioether (sulfide) groups is 1. The highest BCUT2D eigenvalue weighted by molar-refractivity contribution is 7.99. The zero-order valence-electron chi connectivity index (χ0n) is 16.4. The van der Waals surface area contributed by atoms with Crippen molar-refractivity contribution < 1.29 is 19.8 Å². The van der Waals surface area contributed by atoms with Gasteiger partial charge in [-0.15, -0.1) is 11.8 Å². The summed E-state index contributed by atoms with van der Waals surface area (Å²) < 4.78 is 9.07. The van der Waals surface area contributed by atoms with E-state index < -0.39 is 11.9 Å². The monoisotopic (exact) mass is 435 g/mol. The lowest BCUT2D eigenvalue weighted by Gasteiger charge is -2.29. The molecule has 3 rings (SSSR count). The van der Waals surface area contributed by atoms with Gasteiger partial charge in [0.2, 0.25) is 0 Å². The van der Waals surface area contributed by atoms with Crippen molar-refractivity contribution in [3.63, 3.8) is 0 Å². The Kier molecular flexibility index (Phi) is 9.30. The lowest BCUT2D eigenvalue weighted by Crippen LogP contribution is -2.33. The third-order valence-electron chi connectivity index (χ3n) is 4.51. The normalized spacial score (nSPS) is 16.5. The fourth-order valence-electron chi connectivity index (χ4n) is 2.71. The summed E-state index contributed by atoms with van der Waals surface area (Å²) in [6.45, 7) is 3.25. The standard InChI is InChI=1S/C18H23N3S2.C2H2O4/c1-14-10-11-16(13-21(14)2)17-18(20-23-19-17)22-12-6-9-15-7-4-3-5-8-15;3-1(4)2(5)6/h3-5,7-8,11,14H,6,9-10,12-13H2,1-2H3;(H,3,4)(H,5,6). The first kappa shape index (κ1) is 23.1. The Morgan fingerprint density at radius 3 is 2.52 bits per heavy atom. The molecule has 1 unspecified atom stereocenters. The topological polar surface area (TPSA) is 104 Å². The average molecular weight is 436 g/mol. The number of carboxylic acids is 2. The van der Waals surface area contributed by atoms with Gasteiger partial charge >= 0.3 is 11.9 Å². The number of rotatable bonds is 6. The van der Waals surface area contributed by atoms with E-state index in [-0.39, 0.29) is 0 Å². The van der Waals surface area contributed by atoms with Crippen LogP contribution in [0, 0.1) is 0 Å². The molecule has 0 aliphatic carbocycles. The zero-order valence-corrected chi connectivity index (χ0v) is 18.1. The van der Waals surface area contributed by atoms with Crippen LogP contribution in [0.25, 0.3) is 5.57 Å². The predicted octanol–water partition coefficient (Wildman–Crippen LogP) is 3.53. The van der Waals surface area contributed by atoms with Crippen LogP contribution in [0.4, 0.5) is 0 Å². The smallest absolute Gasteiger partial charge is 0.414 e. The van der Waals surface area contributed by atoms with E-state index in [0.29, 0.717) is 6.04 Å². The molecule has 156 valence electrons. The van der Waals surface area contributed by atoms with Crippen molar-refractivity contribution in [3.05, 3.63) is 47.7 Å². The van der Waals surface area contributed by atoms with E-state index >= 15 is 0 Å². The molecule has 0 bridgehead atoms. The molecule has 2 aromatic rings. The van der Waals surface area contributed by atoms with Crippen molar-refractivity contribution in [1.82, 2.24) is 13.6 Å². The van der Waals surface area contributed by atoms with Gasteiger partial charge in [-0.2, -0.15) is 8.75 Å². The van der Waals surface area contributed by atoms with Crippen molar-refractivity contribution in [2.45, 2.75) is 37.3 Å². The second kappa shape index (κ2) is 11.7. The van der Waals surface area contributed by atoms with Crippen LogP contribution in [0.3, 0.4) is 0 Å². The minimum atomic E-state index is -1.82. The highest BCUT2D eigenvalue weighted by atomic mass is 32.2. The predicted molar refractivity (Wildman–Crippen MR) is 115 cm³/mol. The van der Waals surface area contributed by atoms with Gasteiger partial charge in [-0.3, -0.25) is 4.90 Å².